The zero-order chi connectivity index (χ0) is 7.42. The van der Waals surface area contributed by atoms with Crippen LogP contribution in [0.25, 0.3) is 0 Å². The van der Waals surface area contributed by atoms with Crippen molar-refractivity contribution in [3.8, 4) is 0 Å². The Hall–Kier alpha value is -0.530. The Morgan fingerprint density at radius 3 is 2.91 bits per heavy atom. The van der Waals surface area contributed by atoms with Crippen LogP contribution in [0.2, 0.25) is 0 Å². The molecule has 2 aliphatic carbocycles. The second-order valence-electron chi connectivity index (χ2n) is 4.27. The maximum atomic E-state index is 11.3. The standard InChI is InChI=1S/C9H13NO/c11-9-8-6-2-1-5(3-6)7(8)4-10-9/h5-8H,1-4H2,(H,10,11)/t5-,6-,7+,8+/m0/s1. The third-order valence-corrected chi connectivity index (χ3v) is 3.90. The van der Waals surface area contributed by atoms with E-state index >= 15 is 0 Å². The minimum absolute atomic E-state index is 0.349. The van der Waals surface area contributed by atoms with E-state index in [1.807, 2.05) is 0 Å². The Balaban J connectivity index is 1.97. The molecular weight excluding hydrogens is 138 g/mol. The summed E-state index contributed by atoms with van der Waals surface area (Å²) in [6.45, 7) is 0.977. The first-order valence-corrected chi connectivity index (χ1v) is 4.64. The van der Waals surface area contributed by atoms with E-state index in [2.05, 4.69) is 5.32 Å². The molecule has 1 saturated heterocycles. The summed E-state index contributed by atoms with van der Waals surface area (Å²) in [6.07, 6.45) is 4.06. The third-order valence-electron chi connectivity index (χ3n) is 3.90. The van der Waals surface area contributed by atoms with Gasteiger partial charge in [0.25, 0.3) is 0 Å². The van der Waals surface area contributed by atoms with Crippen LogP contribution in [0.1, 0.15) is 19.3 Å². The van der Waals surface area contributed by atoms with Gasteiger partial charge in [0, 0.05) is 12.5 Å². The van der Waals surface area contributed by atoms with Crippen LogP contribution in [-0.2, 0) is 4.79 Å². The highest BCUT2D eigenvalue weighted by Crippen LogP contribution is 2.53. The smallest absolute Gasteiger partial charge is 0.223 e. The lowest BCUT2D eigenvalue weighted by Crippen LogP contribution is -2.24. The molecule has 0 unspecified atom stereocenters. The molecule has 0 aromatic rings. The first kappa shape index (κ1) is 6.04. The van der Waals surface area contributed by atoms with Gasteiger partial charge in [-0.3, -0.25) is 4.79 Å². The summed E-state index contributed by atoms with van der Waals surface area (Å²) < 4.78 is 0. The predicted molar refractivity (Wildman–Crippen MR) is 40.8 cm³/mol. The van der Waals surface area contributed by atoms with Crippen molar-refractivity contribution in [3.63, 3.8) is 0 Å². The molecule has 2 bridgehead atoms. The molecule has 0 aromatic carbocycles. The molecule has 1 aliphatic heterocycles. The minimum Gasteiger partial charge on any atom is -0.356 e. The first-order chi connectivity index (χ1) is 5.36. The molecule has 0 radical (unpaired) electrons. The van der Waals surface area contributed by atoms with Gasteiger partial charge in [-0.15, -0.1) is 0 Å². The van der Waals surface area contributed by atoms with Gasteiger partial charge in [0.15, 0.2) is 0 Å². The highest BCUT2D eigenvalue weighted by Gasteiger charge is 2.53. The number of fused-ring (bicyclic) bond motifs is 5. The van der Waals surface area contributed by atoms with Crippen LogP contribution in [0.5, 0.6) is 0 Å². The molecular formula is C9H13NO. The summed E-state index contributed by atoms with van der Waals surface area (Å²) >= 11 is 0. The van der Waals surface area contributed by atoms with Crippen molar-refractivity contribution in [2.75, 3.05) is 6.54 Å². The van der Waals surface area contributed by atoms with E-state index in [1.165, 1.54) is 19.3 Å². The zero-order valence-electron chi connectivity index (χ0n) is 6.55. The van der Waals surface area contributed by atoms with Gasteiger partial charge in [-0.2, -0.15) is 0 Å². The van der Waals surface area contributed by atoms with E-state index in [9.17, 15) is 4.79 Å². The molecule has 2 saturated carbocycles. The number of amides is 1. The number of nitrogens with one attached hydrogen (secondary N) is 1. The van der Waals surface area contributed by atoms with Crippen molar-refractivity contribution in [2.24, 2.45) is 23.7 Å². The molecule has 1 amide bonds. The number of rotatable bonds is 0. The molecule has 1 heterocycles. The molecule has 3 rings (SSSR count). The van der Waals surface area contributed by atoms with Crippen molar-refractivity contribution in [1.29, 1.82) is 0 Å². The minimum atomic E-state index is 0.349. The second-order valence-corrected chi connectivity index (χ2v) is 4.27. The molecule has 11 heavy (non-hydrogen) atoms. The third kappa shape index (κ3) is 0.608. The Morgan fingerprint density at radius 1 is 1.27 bits per heavy atom. The van der Waals surface area contributed by atoms with Gasteiger partial charge < -0.3 is 5.32 Å². The lowest BCUT2D eigenvalue weighted by Gasteiger charge is -2.20. The van der Waals surface area contributed by atoms with E-state index in [0.29, 0.717) is 11.8 Å². The fraction of sp³-hybridized carbons (Fsp3) is 0.889. The Labute approximate surface area is 66.4 Å². The quantitative estimate of drug-likeness (QED) is 0.544. The molecule has 3 aliphatic rings. The van der Waals surface area contributed by atoms with Gasteiger partial charge in [-0.25, -0.2) is 0 Å². The largest absolute Gasteiger partial charge is 0.356 e. The van der Waals surface area contributed by atoms with Crippen LogP contribution in [0.3, 0.4) is 0 Å². The van der Waals surface area contributed by atoms with Crippen LogP contribution in [0.4, 0.5) is 0 Å². The second kappa shape index (κ2) is 1.79. The van der Waals surface area contributed by atoms with Crippen molar-refractivity contribution in [2.45, 2.75) is 19.3 Å². The number of hydrogen-bond acceptors (Lipinski definition) is 1. The highest BCUT2D eigenvalue weighted by molar-refractivity contribution is 5.82. The lowest BCUT2D eigenvalue weighted by molar-refractivity contribution is -0.124. The van der Waals surface area contributed by atoms with Crippen molar-refractivity contribution in [1.82, 2.24) is 5.32 Å². The zero-order valence-corrected chi connectivity index (χ0v) is 6.55. The van der Waals surface area contributed by atoms with Gasteiger partial charge in [0.05, 0.1) is 0 Å². The van der Waals surface area contributed by atoms with Gasteiger partial charge in [-0.1, -0.05) is 0 Å². The molecule has 4 atom stereocenters. The summed E-state index contributed by atoms with van der Waals surface area (Å²) in [5.41, 5.74) is 0. The topological polar surface area (TPSA) is 29.1 Å². The van der Waals surface area contributed by atoms with Gasteiger partial charge in [0.1, 0.15) is 0 Å². The van der Waals surface area contributed by atoms with Crippen LogP contribution >= 0.6 is 0 Å². The average molecular weight is 151 g/mol. The Bertz CT molecular complexity index is 214. The Morgan fingerprint density at radius 2 is 2.09 bits per heavy atom. The fourth-order valence-corrected chi connectivity index (χ4v) is 3.45. The van der Waals surface area contributed by atoms with E-state index in [4.69, 9.17) is 0 Å². The van der Waals surface area contributed by atoms with Gasteiger partial charge in [0.2, 0.25) is 5.91 Å². The SMILES string of the molecule is O=C1NC[C@@H]2[C@H]3CC[C@@H](C3)[C@@H]12. The molecule has 0 aromatic heterocycles. The Kier molecular flexibility index (Phi) is 0.984. The molecule has 2 heteroatoms. The van der Waals surface area contributed by atoms with Crippen LogP contribution in [0, 0.1) is 23.7 Å². The average Bonchev–Trinajstić information content (AvgIpc) is 2.60. The lowest BCUT2D eigenvalue weighted by atomic mass is 9.81. The summed E-state index contributed by atoms with van der Waals surface area (Å²) in [5, 5.41) is 2.98. The van der Waals surface area contributed by atoms with Gasteiger partial charge >= 0.3 is 0 Å². The fourth-order valence-electron chi connectivity index (χ4n) is 3.45. The van der Waals surface area contributed by atoms with E-state index in [1.54, 1.807) is 0 Å². The van der Waals surface area contributed by atoms with E-state index in [-0.39, 0.29) is 0 Å². The van der Waals surface area contributed by atoms with Crippen molar-refractivity contribution < 1.29 is 4.79 Å². The van der Waals surface area contributed by atoms with Crippen molar-refractivity contribution in [3.05, 3.63) is 0 Å². The van der Waals surface area contributed by atoms with Crippen LogP contribution in [0.15, 0.2) is 0 Å². The maximum absolute atomic E-state index is 11.3. The predicted octanol–water partition coefficient (Wildman–Crippen LogP) is 0.778. The van der Waals surface area contributed by atoms with Gasteiger partial charge in [-0.05, 0) is 37.0 Å². The normalized spacial score (nSPS) is 52.9. The van der Waals surface area contributed by atoms with E-state index in [0.717, 1.165) is 24.3 Å². The molecule has 2 nitrogen and oxygen atoms in total. The summed E-state index contributed by atoms with van der Waals surface area (Å²) in [7, 11) is 0. The molecule has 1 N–H and O–H groups in total. The molecule has 60 valence electrons. The van der Waals surface area contributed by atoms with E-state index < -0.39 is 0 Å². The summed E-state index contributed by atoms with van der Waals surface area (Å²) in [4.78, 5) is 11.3. The monoisotopic (exact) mass is 151 g/mol. The summed E-state index contributed by atoms with van der Waals surface area (Å²) in [5.74, 6) is 3.15. The summed E-state index contributed by atoms with van der Waals surface area (Å²) in [6, 6.07) is 0. The highest BCUT2D eigenvalue weighted by atomic mass is 16.2. The number of carbonyl (C=O) groups is 1. The molecule has 0 spiro atoms. The van der Waals surface area contributed by atoms with Crippen LogP contribution in [-0.4, -0.2) is 12.5 Å². The first-order valence-electron chi connectivity index (χ1n) is 4.64. The number of hydrogen-bond donors (Lipinski definition) is 1. The van der Waals surface area contributed by atoms with Crippen molar-refractivity contribution >= 4 is 5.91 Å². The molecule has 3 fully saturated rings. The maximum Gasteiger partial charge on any atom is 0.223 e. The number of carbonyl (C=O) groups excluding carboxylic acids is 1. The van der Waals surface area contributed by atoms with Crippen LogP contribution < -0.4 is 5.32 Å².